The first-order valence-electron chi connectivity index (χ1n) is 14.3. The Morgan fingerprint density at radius 1 is 0.927 bits per heavy atom. The topological polar surface area (TPSA) is 92.8 Å². The highest BCUT2D eigenvalue weighted by atomic mass is 16.6. The number of imidazole rings is 1. The van der Waals surface area contributed by atoms with Crippen LogP contribution in [0.5, 0.6) is 0 Å². The molecule has 7 nitrogen and oxygen atoms in total. The van der Waals surface area contributed by atoms with Crippen molar-refractivity contribution in [3.63, 3.8) is 0 Å². The summed E-state index contributed by atoms with van der Waals surface area (Å²) in [5.41, 5.74) is 10.1. The second kappa shape index (κ2) is 8.87. The summed E-state index contributed by atoms with van der Waals surface area (Å²) >= 11 is 0. The van der Waals surface area contributed by atoms with Crippen LogP contribution in [0.15, 0.2) is 60.8 Å². The van der Waals surface area contributed by atoms with Crippen LogP contribution in [0.1, 0.15) is 44.6 Å². The van der Waals surface area contributed by atoms with Crippen molar-refractivity contribution in [2.45, 2.75) is 59.6 Å². The molecule has 41 heavy (non-hydrogen) atoms. The lowest BCUT2D eigenvalue weighted by molar-refractivity contribution is 0.0503. The minimum absolute atomic E-state index is 0.144. The second-order valence-electron chi connectivity index (χ2n) is 13.0. The summed E-state index contributed by atoms with van der Waals surface area (Å²) < 4.78 is 5.42. The van der Waals surface area contributed by atoms with Crippen molar-refractivity contribution in [3.8, 4) is 22.4 Å². The number of hydrogen-bond acceptors (Lipinski definition) is 5. The molecule has 2 aliphatic carbocycles. The predicted octanol–water partition coefficient (Wildman–Crippen LogP) is 7.16. The number of hydrogen-bond donors (Lipinski definition) is 2. The van der Waals surface area contributed by atoms with Gasteiger partial charge in [0, 0.05) is 18.0 Å². The monoisotopic (exact) mass is 545 g/mol. The first kappa shape index (κ1) is 25.7. The van der Waals surface area contributed by atoms with Gasteiger partial charge in [-0.05, 0) is 104 Å². The van der Waals surface area contributed by atoms with Crippen molar-refractivity contribution in [1.29, 1.82) is 0 Å². The first-order valence-corrected chi connectivity index (χ1v) is 14.3. The van der Waals surface area contributed by atoms with Crippen molar-refractivity contribution in [2.24, 2.45) is 17.3 Å². The van der Waals surface area contributed by atoms with Gasteiger partial charge >= 0.3 is 6.09 Å². The van der Waals surface area contributed by atoms with Crippen LogP contribution in [0.25, 0.3) is 44.5 Å². The van der Waals surface area contributed by atoms with Gasteiger partial charge in [0.2, 0.25) is 0 Å². The summed E-state index contributed by atoms with van der Waals surface area (Å²) in [5, 5.41) is 3.05. The summed E-state index contributed by atoms with van der Waals surface area (Å²) in [5.74, 6) is 2.01. The first-order chi connectivity index (χ1) is 19.5. The Morgan fingerprint density at radius 3 is 2.37 bits per heavy atom. The number of aromatic nitrogens is 4. The van der Waals surface area contributed by atoms with E-state index in [0.717, 1.165) is 56.7 Å². The van der Waals surface area contributed by atoms with Crippen molar-refractivity contribution in [2.75, 3.05) is 0 Å². The van der Waals surface area contributed by atoms with Gasteiger partial charge in [0.1, 0.15) is 11.4 Å². The lowest BCUT2D eigenvalue weighted by Gasteiger charge is -2.22. The summed E-state index contributed by atoms with van der Waals surface area (Å²) in [7, 11) is 0. The van der Waals surface area contributed by atoms with Crippen molar-refractivity contribution in [1.82, 2.24) is 25.3 Å². The van der Waals surface area contributed by atoms with Crippen LogP contribution in [0.2, 0.25) is 0 Å². The van der Waals surface area contributed by atoms with E-state index < -0.39 is 5.60 Å². The summed E-state index contributed by atoms with van der Waals surface area (Å²) in [6, 6.07) is 19.2. The lowest BCUT2D eigenvalue weighted by atomic mass is 10.00. The number of fused-ring (bicyclic) bond motifs is 3. The average molecular weight is 546 g/mol. The molecule has 0 spiro atoms. The number of amides is 1. The van der Waals surface area contributed by atoms with Gasteiger partial charge in [0.15, 0.2) is 0 Å². The zero-order valence-electron chi connectivity index (χ0n) is 24.4. The van der Waals surface area contributed by atoms with Crippen LogP contribution in [0.4, 0.5) is 4.79 Å². The van der Waals surface area contributed by atoms with E-state index in [9.17, 15) is 4.79 Å². The van der Waals surface area contributed by atoms with Crippen molar-refractivity contribution < 1.29 is 9.53 Å². The van der Waals surface area contributed by atoms with Crippen molar-refractivity contribution >= 4 is 28.2 Å². The van der Waals surface area contributed by atoms with Gasteiger partial charge in [0.25, 0.3) is 0 Å². The molecule has 2 aromatic heterocycles. The Kier molecular flexibility index (Phi) is 5.56. The molecule has 2 fully saturated rings. The number of ether oxygens (including phenoxy) is 1. The molecule has 2 saturated carbocycles. The SMILES string of the molecule is Cc1ccc(-c2cnc3cc(-c4ccc5nc(CC6C7C(NC(=O)OC(C)(C)C)C67C)[nH]c5c4)ccc3n2)cc1C. The maximum absolute atomic E-state index is 12.2. The third-order valence-corrected chi connectivity index (χ3v) is 9.06. The molecule has 2 N–H and O–H groups in total. The van der Waals surface area contributed by atoms with Gasteiger partial charge < -0.3 is 15.0 Å². The highest BCUT2D eigenvalue weighted by Gasteiger charge is 2.83. The molecule has 7 heteroatoms. The van der Waals surface area contributed by atoms with E-state index in [0.29, 0.717) is 11.8 Å². The standard InChI is InChI=1S/C34H35N5O2/c1-18-7-8-22(13-19(18)2)28-17-35-26-14-20(9-11-24(26)36-28)21-10-12-25-27(15-21)38-29(37-25)16-23-30-31(34(23,30)6)39-32(40)41-33(3,4)5/h7-15,17,23,30-31H,16H2,1-6H3,(H,37,38)(H,39,40). The number of H-pyrrole nitrogens is 1. The van der Waals surface area contributed by atoms with Gasteiger partial charge in [-0.3, -0.25) is 4.98 Å². The Balaban J connectivity index is 1.05. The molecule has 1 amide bonds. The molecule has 0 bridgehead atoms. The van der Waals surface area contributed by atoms with E-state index in [4.69, 9.17) is 19.7 Å². The van der Waals surface area contributed by atoms with E-state index in [-0.39, 0.29) is 17.6 Å². The number of aromatic amines is 1. The maximum Gasteiger partial charge on any atom is 0.407 e. The molecule has 4 atom stereocenters. The van der Waals surface area contributed by atoms with E-state index in [1.165, 1.54) is 11.1 Å². The van der Waals surface area contributed by atoms with Crippen LogP contribution in [-0.2, 0) is 11.2 Å². The van der Waals surface area contributed by atoms with E-state index in [1.807, 2.05) is 33.0 Å². The number of aryl methyl sites for hydroxylation is 2. The molecule has 0 aliphatic heterocycles. The van der Waals surface area contributed by atoms with Crippen LogP contribution >= 0.6 is 0 Å². The molecule has 7 rings (SSSR count). The number of carbonyl (C=O) groups excluding carboxylic acids is 1. The fourth-order valence-corrected chi connectivity index (χ4v) is 6.38. The molecule has 0 radical (unpaired) electrons. The summed E-state index contributed by atoms with van der Waals surface area (Å²) in [4.78, 5) is 30.2. The lowest BCUT2D eigenvalue weighted by Crippen LogP contribution is -2.39. The Bertz CT molecular complexity index is 1850. The second-order valence-corrected chi connectivity index (χ2v) is 13.0. The Labute approximate surface area is 239 Å². The minimum Gasteiger partial charge on any atom is -0.444 e. The number of carbonyl (C=O) groups is 1. The largest absolute Gasteiger partial charge is 0.444 e. The molecule has 2 heterocycles. The van der Waals surface area contributed by atoms with Crippen LogP contribution in [-0.4, -0.2) is 37.7 Å². The van der Waals surface area contributed by atoms with Crippen LogP contribution in [0.3, 0.4) is 0 Å². The molecule has 2 aliphatic rings. The quantitative estimate of drug-likeness (QED) is 0.244. The minimum atomic E-state index is -0.485. The maximum atomic E-state index is 12.2. The molecular weight excluding hydrogens is 510 g/mol. The zero-order valence-corrected chi connectivity index (χ0v) is 24.4. The molecule has 208 valence electrons. The molecule has 0 saturated heterocycles. The Hall–Kier alpha value is -4.26. The third kappa shape index (κ3) is 4.53. The van der Waals surface area contributed by atoms with Crippen LogP contribution < -0.4 is 5.32 Å². The van der Waals surface area contributed by atoms with Gasteiger partial charge in [-0.2, -0.15) is 0 Å². The molecular formula is C34H35N5O2. The molecule has 4 unspecified atom stereocenters. The fraction of sp³-hybridized carbons (Fsp3) is 0.353. The number of benzene rings is 3. The summed E-state index contributed by atoms with van der Waals surface area (Å²) in [6.07, 6.45) is 2.41. The normalized spacial score (nSPS) is 22.9. The Morgan fingerprint density at radius 2 is 1.63 bits per heavy atom. The number of alkyl carbamates (subject to hydrolysis) is 1. The van der Waals surface area contributed by atoms with E-state index >= 15 is 0 Å². The molecule has 5 aromatic rings. The predicted molar refractivity (Wildman–Crippen MR) is 161 cm³/mol. The number of nitrogens with zero attached hydrogens (tertiary/aromatic N) is 3. The highest BCUT2D eigenvalue weighted by molar-refractivity contribution is 5.86. The highest BCUT2D eigenvalue weighted by Crippen LogP contribution is 2.79. The van der Waals surface area contributed by atoms with Gasteiger partial charge in [0.05, 0.1) is 34.0 Å². The smallest absolute Gasteiger partial charge is 0.407 e. The zero-order chi connectivity index (χ0) is 28.7. The fourth-order valence-electron chi connectivity index (χ4n) is 6.38. The van der Waals surface area contributed by atoms with Gasteiger partial charge in [-0.15, -0.1) is 0 Å². The van der Waals surface area contributed by atoms with Gasteiger partial charge in [-0.25, -0.2) is 14.8 Å². The van der Waals surface area contributed by atoms with E-state index in [1.54, 1.807) is 0 Å². The molecule has 3 aromatic carbocycles. The number of rotatable bonds is 5. The number of nitrogens with one attached hydrogen (secondary N) is 2. The third-order valence-electron chi connectivity index (χ3n) is 9.06. The van der Waals surface area contributed by atoms with Gasteiger partial charge in [-0.1, -0.05) is 31.2 Å². The van der Waals surface area contributed by atoms with Crippen molar-refractivity contribution in [3.05, 3.63) is 77.7 Å². The van der Waals surface area contributed by atoms with E-state index in [2.05, 4.69) is 79.6 Å². The summed E-state index contributed by atoms with van der Waals surface area (Å²) in [6.45, 7) is 12.1. The average Bonchev–Trinajstić information content (AvgIpc) is 3.62. The van der Waals surface area contributed by atoms with Crippen LogP contribution in [0, 0.1) is 31.1 Å².